The van der Waals surface area contributed by atoms with E-state index < -0.39 is 0 Å². The summed E-state index contributed by atoms with van der Waals surface area (Å²) in [6.45, 7) is 6.51. The standard InChI is InChI=1S/C18H23N3/c1-15-5-7-16(8-6-15)18(17-4-2-9-20-14-17)21-12-3-10-19-11-13-21/h2,4-9,14,18-19H,3,10-13H2,1H3. The molecule has 2 aromatic rings. The number of hydrogen-bond donors (Lipinski definition) is 1. The van der Waals surface area contributed by atoms with Crippen molar-refractivity contribution in [3.05, 3.63) is 65.5 Å². The molecule has 1 N–H and O–H groups in total. The van der Waals surface area contributed by atoms with E-state index in [4.69, 9.17) is 0 Å². The molecule has 3 heteroatoms. The lowest BCUT2D eigenvalue weighted by molar-refractivity contribution is 0.241. The number of hydrogen-bond acceptors (Lipinski definition) is 3. The molecule has 3 nitrogen and oxygen atoms in total. The average Bonchev–Trinajstić information content (AvgIpc) is 2.80. The highest BCUT2D eigenvalue weighted by Crippen LogP contribution is 2.28. The molecule has 0 amide bonds. The Balaban J connectivity index is 1.95. The summed E-state index contributed by atoms with van der Waals surface area (Å²) in [5.74, 6) is 0. The Morgan fingerprint density at radius 2 is 1.90 bits per heavy atom. The van der Waals surface area contributed by atoms with Gasteiger partial charge < -0.3 is 5.32 Å². The predicted octanol–water partition coefficient (Wildman–Crippen LogP) is 2.77. The van der Waals surface area contributed by atoms with Crippen molar-refractivity contribution in [2.24, 2.45) is 0 Å². The number of nitrogens with one attached hydrogen (secondary N) is 1. The van der Waals surface area contributed by atoms with E-state index in [9.17, 15) is 0 Å². The van der Waals surface area contributed by atoms with Crippen molar-refractivity contribution < 1.29 is 0 Å². The topological polar surface area (TPSA) is 28.2 Å². The summed E-state index contributed by atoms with van der Waals surface area (Å²) in [5, 5.41) is 3.49. The van der Waals surface area contributed by atoms with Crippen LogP contribution in [0.25, 0.3) is 0 Å². The van der Waals surface area contributed by atoms with Crippen LogP contribution in [-0.2, 0) is 0 Å². The van der Waals surface area contributed by atoms with E-state index in [0.717, 1.165) is 26.2 Å². The molecule has 1 aromatic heterocycles. The van der Waals surface area contributed by atoms with Gasteiger partial charge in [0, 0.05) is 32.0 Å². The zero-order chi connectivity index (χ0) is 14.5. The first-order valence-electron chi connectivity index (χ1n) is 7.76. The third-order valence-electron chi connectivity index (χ3n) is 4.13. The van der Waals surface area contributed by atoms with Gasteiger partial charge in [-0.05, 0) is 37.1 Å². The normalized spacial score (nSPS) is 18.1. The molecular formula is C18H23N3. The fourth-order valence-corrected chi connectivity index (χ4v) is 3.03. The Hall–Kier alpha value is -1.71. The number of nitrogens with zero attached hydrogens (tertiary/aromatic N) is 2. The molecule has 0 radical (unpaired) electrons. The van der Waals surface area contributed by atoms with Crippen molar-refractivity contribution in [2.75, 3.05) is 26.2 Å². The van der Waals surface area contributed by atoms with Crippen molar-refractivity contribution >= 4 is 0 Å². The summed E-state index contributed by atoms with van der Waals surface area (Å²) in [5.41, 5.74) is 3.94. The zero-order valence-corrected chi connectivity index (χ0v) is 12.6. The van der Waals surface area contributed by atoms with Gasteiger partial charge in [-0.2, -0.15) is 0 Å². The number of pyridine rings is 1. The van der Waals surface area contributed by atoms with Gasteiger partial charge >= 0.3 is 0 Å². The maximum Gasteiger partial charge on any atom is 0.0617 e. The van der Waals surface area contributed by atoms with E-state index in [-0.39, 0.29) is 0 Å². The van der Waals surface area contributed by atoms with Crippen molar-refractivity contribution in [3.63, 3.8) is 0 Å². The molecule has 21 heavy (non-hydrogen) atoms. The molecule has 1 atom stereocenters. The van der Waals surface area contributed by atoms with Crippen molar-refractivity contribution in [1.82, 2.24) is 15.2 Å². The van der Waals surface area contributed by atoms with Gasteiger partial charge in [-0.1, -0.05) is 35.9 Å². The molecule has 1 aromatic carbocycles. The summed E-state index contributed by atoms with van der Waals surface area (Å²) in [6, 6.07) is 13.4. The van der Waals surface area contributed by atoms with Gasteiger partial charge in [0.15, 0.2) is 0 Å². The van der Waals surface area contributed by atoms with E-state index in [1.54, 1.807) is 0 Å². The van der Waals surface area contributed by atoms with Crippen molar-refractivity contribution in [3.8, 4) is 0 Å². The van der Waals surface area contributed by atoms with Gasteiger partial charge in [0.2, 0.25) is 0 Å². The quantitative estimate of drug-likeness (QED) is 0.937. The molecule has 0 aliphatic carbocycles. The van der Waals surface area contributed by atoms with E-state index in [2.05, 4.69) is 52.5 Å². The van der Waals surface area contributed by atoms with Gasteiger partial charge in [0.05, 0.1) is 6.04 Å². The minimum Gasteiger partial charge on any atom is -0.315 e. The van der Waals surface area contributed by atoms with Crippen molar-refractivity contribution in [2.45, 2.75) is 19.4 Å². The maximum absolute atomic E-state index is 4.32. The SMILES string of the molecule is Cc1ccc(C(c2cccnc2)N2CCCNCC2)cc1. The number of benzene rings is 1. The van der Waals surface area contributed by atoms with Crippen LogP contribution in [0.1, 0.15) is 29.2 Å². The lowest BCUT2D eigenvalue weighted by Crippen LogP contribution is -2.33. The summed E-state index contributed by atoms with van der Waals surface area (Å²) < 4.78 is 0. The Morgan fingerprint density at radius 1 is 1.05 bits per heavy atom. The zero-order valence-electron chi connectivity index (χ0n) is 12.6. The molecule has 1 aliphatic heterocycles. The summed E-state index contributed by atoms with van der Waals surface area (Å²) in [4.78, 5) is 6.90. The molecule has 110 valence electrons. The van der Waals surface area contributed by atoms with Crippen LogP contribution in [0, 0.1) is 6.92 Å². The van der Waals surface area contributed by atoms with Crippen molar-refractivity contribution in [1.29, 1.82) is 0 Å². The van der Waals surface area contributed by atoms with Crippen LogP contribution >= 0.6 is 0 Å². The van der Waals surface area contributed by atoms with Crippen LogP contribution in [0.15, 0.2) is 48.8 Å². The number of rotatable bonds is 3. The van der Waals surface area contributed by atoms with E-state index >= 15 is 0 Å². The Kier molecular flexibility index (Phi) is 4.63. The van der Waals surface area contributed by atoms with Gasteiger partial charge in [-0.25, -0.2) is 0 Å². The Labute approximate surface area is 127 Å². The first kappa shape index (κ1) is 14.2. The van der Waals surface area contributed by atoms with E-state index in [0.29, 0.717) is 6.04 Å². The van der Waals surface area contributed by atoms with Crippen LogP contribution < -0.4 is 5.32 Å². The minimum atomic E-state index is 0.305. The molecule has 0 bridgehead atoms. The fraction of sp³-hybridized carbons (Fsp3) is 0.389. The van der Waals surface area contributed by atoms with Crippen LogP contribution in [0.3, 0.4) is 0 Å². The monoisotopic (exact) mass is 281 g/mol. The Bertz CT molecular complexity index is 542. The first-order valence-corrected chi connectivity index (χ1v) is 7.76. The smallest absolute Gasteiger partial charge is 0.0617 e. The molecule has 0 saturated carbocycles. The number of aryl methyl sites for hydroxylation is 1. The van der Waals surface area contributed by atoms with Crippen LogP contribution in [-0.4, -0.2) is 36.1 Å². The molecule has 1 aliphatic rings. The van der Waals surface area contributed by atoms with E-state index in [1.807, 2.05) is 18.5 Å². The molecule has 0 spiro atoms. The minimum absolute atomic E-state index is 0.305. The molecular weight excluding hydrogens is 258 g/mol. The van der Waals surface area contributed by atoms with Gasteiger partial charge in [0.25, 0.3) is 0 Å². The lowest BCUT2D eigenvalue weighted by Gasteiger charge is -2.31. The summed E-state index contributed by atoms with van der Waals surface area (Å²) >= 11 is 0. The van der Waals surface area contributed by atoms with Crippen LogP contribution in [0.2, 0.25) is 0 Å². The highest BCUT2D eigenvalue weighted by Gasteiger charge is 2.23. The fourth-order valence-electron chi connectivity index (χ4n) is 3.03. The first-order chi connectivity index (χ1) is 10.3. The molecule has 2 heterocycles. The Morgan fingerprint density at radius 3 is 2.67 bits per heavy atom. The molecule has 1 fully saturated rings. The van der Waals surface area contributed by atoms with Gasteiger partial charge in [-0.15, -0.1) is 0 Å². The second kappa shape index (κ2) is 6.83. The third-order valence-corrected chi connectivity index (χ3v) is 4.13. The second-order valence-corrected chi connectivity index (χ2v) is 5.74. The summed E-state index contributed by atoms with van der Waals surface area (Å²) in [6.07, 6.45) is 5.05. The predicted molar refractivity (Wildman–Crippen MR) is 86.3 cm³/mol. The lowest BCUT2D eigenvalue weighted by atomic mass is 9.97. The highest BCUT2D eigenvalue weighted by molar-refractivity contribution is 5.32. The highest BCUT2D eigenvalue weighted by atomic mass is 15.2. The number of aromatic nitrogens is 1. The van der Waals surface area contributed by atoms with E-state index in [1.165, 1.54) is 23.1 Å². The van der Waals surface area contributed by atoms with Crippen LogP contribution in [0.5, 0.6) is 0 Å². The van der Waals surface area contributed by atoms with Gasteiger partial charge in [-0.3, -0.25) is 9.88 Å². The maximum atomic E-state index is 4.32. The third kappa shape index (κ3) is 3.49. The average molecular weight is 281 g/mol. The summed E-state index contributed by atoms with van der Waals surface area (Å²) in [7, 11) is 0. The largest absolute Gasteiger partial charge is 0.315 e. The molecule has 1 saturated heterocycles. The molecule has 3 rings (SSSR count). The van der Waals surface area contributed by atoms with Gasteiger partial charge in [0.1, 0.15) is 0 Å². The second-order valence-electron chi connectivity index (χ2n) is 5.74. The van der Waals surface area contributed by atoms with Crippen LogP contribution in [0.4, 0.5) is 0 Å². The molecule has 1 unspecified atom stereocenters.